The van der Waals surface area contributed by atoms with Crippen LogP contribution in [0.1, 0.15) is 35.2 Å². The smallest absolute Gasteiger partial charge is 0.252 e. The summed E-state index contributed by atoms with van der Waals surface area (Å²) in [6.07, 6.45) is 3.05. The molecule has 1 aliphatic carbocycles. The molecule has 3 rings (SSSR count). The van der Waals surface area contributed by atoms with Gasteiger partial charge >= 0.3 is 0 Å². The van der Waals surface area contributed by atoms with Crippen LogP contribution in [-0.4, -0.2) is 5.91 Å². The Morgan fingerprint density at radius 3 is 2.29 bits per heavy atom. The number of carbonyl (C=O) groups is 1. The maximum absolute atomic E-state index is 12.5. The monoisotopic (exact) mass is 319 g/mol. The first-order valence-corrected chi connectivity index (χ1v) is 7.69. The molecule has 1 saturated carbocycles. The largest absolute Gasteiger partial charge is 0.343 e. The van der Waals surface area contributed by atoms with Gasteiger partial charge in [0.05, 0.1) is 15.6 Å². The van der Waals surface area contributed by atoms with Gasteiger partial charge in [-0.2, -0.15) is 0 Å². The Bertz CT molecular complexity index is 666. The minimum absolute atomic E-state index is 0.114. The number of hydrogen-bond acceptors (Lipinski definition) is 1. The van der Waals surface area contributed by atoms with E-state index in [1.54, 1.807) is 18.2 Å². The third kappa shape index (κ3) is 2.78. The van der Waals surface area contributed by atoms with E-state index in [0.29, 0.717) is 15.6 Å². The Labute approximate surface area is 134 Å². The molecule has 2 nitrogen and oxygen atoms in total. The molecule has 1 amide bonds. The fraction of sp³-hybridized carbons (Fsp3) is 0.235. The highest BCUT2D eigenvalue weighted by molar-refractivity contribution is 6.42. The van der Waals surface area contributed by atoms with Crippen LogP contribution in [0.15, 0.2) is 48.5 Å². The van der Waals surface area contributed by atoms with Crippen molar-refractivity contribution in [1.82, 2.24) is 5.32 Å². The molecule has 0 unspecified atom stereocenters. The van der Waals surface area contributed by atoms with Crippen LogP contribution in [0.2, 0.25) is 10.0 Å². The molecule has 0 aromatic heterocycles. The molecule has 1 aliphatic rings. The van der Waals surface area contributed by atoms with Crippen LogP contribution in [0.25, 0.3) is 0 Å². The lowest BCUT2D eigenvalue weighted by Gasteiger charge is -2.43. The molecule has 0 aliphatic heterocycles. The lowest BCUT2D eigenvalue weighted by molar-refractivity contribution is 0.0823. The van der Waals surface area contributed by atoms with Crippen LogP contribution in [0.3, 0.4) is 0 Å². The Balaban J connectivity index is 1.84. The first-order valence-electron chi connectivity index (χ1n) is 6.94. The van der Waals surface area contributed by atoms with Gasteiger partial charge in [0.15, 0.2) is 0 Å². The van der Waals surface area contributed by atoms with Crippen molar-refractivity contribution in [3.05, 3.63) is 69.7 Å². The maximum atomic E-state index is 12.5. The second kappa shape index (κ2) is 5.70. The van der Waals surface area contributed by atoms with Gasteiger partial charge in [0.2, 0.25) is 0 Å². The van der Waals surface area contributed by atoms with E-state index in [9.17, 15) is 4.79 Å². The van der Waals surface area contributed by atoms with Gasteiger partial charge in [-0.3, -0.25) is 4.79 Å². The predicted octanol–water partition coefficient (Wildman–Crippen LogP) is 4.80. The van der Waals surface area contributed by atoms with Gasteiger partial charge in [-0.05, 0) is 43.0 Å². The quantitative estimate of drug-likeness (QED) is 0.864. The number of rotatable bonds is 3. The predicted molar refractivity (Wildman–Crippen MR) is 85.9 cm³/mol. The number of carbonyl (C=O) groups excluding carboxylic acids is 1. The molecule has 2 aromatic carbocycles. The Morgan fingerprint density at radius 2 is 1.71 bits per heavy atom. The third-order valence-electron chi connectivity index (χ3n) is 4.07. The minimum Gasteiger partial charge on any atom is -0.343 e. The fourth-order valence-corrected chi connectivity index (χ4v) is 3.00. The summed E-state index contributed by atoms with van der Waals surface area (Å²) in [6.45, 7) is 0. The van der Waals surface area contributed by atoms with Crippen molar-refractivity contribution in [2.75, 3.05) is 0 Å². The summed E-state index contributed by atoms with van der Waals surface area (Å²) >= 11 is 11.9. The Morgan fingerprint density at radius 1 is 1.00 bits per heavy atom. The summed E-state index contributed by atoms with van der Waals surface area (Å²) in [5.74, 6) is -0.114. The zero-order valence-electron chi connectivity index (χ0n) is 11.4. The molecule has 0 bridgehead atoms. The zero-order valence-corrected chi connectivity index (χ0v) is 12.9. The van der Waals surface area contributed by atoms with E-state index < -0.39 is 0 Å². The topological polar surface area (TPSA) is 29.1 Å². The molecule has 0 saturated heterocycles. The summed E-state index contributed by atoms with van der Waals surface area (Å²) in [5.41, 5.74) is 1.45. The number of nitrogens with one attached hydrogen (secondary N) is 1. The van der Waals surface area contributed by atoms with Crippen molar-refractivity contribution in [1.29, 1.82) is 0 Å². The molecule has 0 atom stereocenters. The SMILES string of the molecule is O=C(NC1(c2ccccc2)CCC1)c1ccc(Cl)c(Cl)c1. The van der Waals surface area contributed by atoms with Crippen LogP contribution in [0, 0.1) is 0 Å². The molecule has 4 heteroatoms. The van der Waals surface area contributed by atoms with Crippen LogP contribution < -0.4 is 5.32 Å². The Hall–Kier alpha value is -1.51. The second-order valence-electron chi connectivity index (χ2n) is 5.38. The first kappa shape index (κ1) is 14.4. The van der Waals surface area contributed by atoms with Crippen LogP contribution >= 0.6 is 23.2 Å². The van der Waals surface area contributed by atoms with Gasteiger partial charge in [0.25, 0.3) is 5.91 Å². The number of hydrogen-bond donors (Lipinski definition) is 1. The van der Waals surface area contributed by atoms with Crippen molar-refractivity contribution in [2.45, 2.75) is 24.8 Å². The van der Waals surface area contributed by atoms with Crippen molar-refractivity contribution >= 4 is 29.1 Å². The van der Waals surface area contributed by atoms with Crippen molar-refractivity contribution in [3.63, 3.8) is 0 Å². The molecule has 0 radical (unpaired) electrons. The van der Waals surface area contributed by atoms with Crippen molar-refractivity contribution < 1.29 is 4.79 Å². The average Bonchev–Trinajstić information content (AvgIpc) is 2.46. The van der Waals surface area contributed by atoms with E-state index in [0.717, 1.165) is 24.8 Å². The highest BCUT2D eigenvalue weighted by Crippen LogP contribution is 2.41. The van der Waals surface area contributed by atoms with Crippen molar-refractivity contribution in [2.24, 2.45) is 0 Å². The molecule has 1 N–H and O–H groups in total. The summed E-state index contributed by atoms with van der Waals surface area (Å²) in [7, 11) is 0. The van der Waals surface area contributed by atoms with E-state index in [2.05, 4.69) is 17.4 Å². The van der Waals surface area contributed by atoms with E-state index in [-0.39, 0.29) is 11.4 Å². The molecular formula is C17H15Cl2NO. The van der Waals surface area contributed by atoms with Gasteiger partial charge in [0, 0.05) is 5.56 Å². The third-order valence-corrected chi connectivity index (χ3v) is 4.81. The minimum atomic E-state index is -0.246. The van der Waals surface area contributed by atoms with E-state index in [1.165, 1.54) is 0 Å². The average molecular weight is 320 g/mol. The summed E-state index contributed by atoms with van der Waals surface area (Å²) < 4.78 is 0. The molecule has 0 spiro atoms. The normalized spacial score (nSPS) is 16.1. The lowest BCUT2D eigenvalue weighted by Crippen LogP contribution is -2.50. The van der Waals surface area contributed by atoms with E-state index in [4.69, 9.17) is 23.2 Å². The summed E-state index contributed by atoms with van der Waals surface area (Å²) in [4.78, 5) is 12.5. The standard InChI is InChI=1S/C17H15Cl2NO/c18-14-8-7-12(11-15(14)19)16(21)20-17(9-4-10-17)13-5-2-1-3-6-13/h1-3,5-8,11H,4,9-10H2,(H,20,21). The first-order chi connectivity index (χ1) is 10.1. The molecular weight excluding hydrogens is 305 g/mol. The highest BCUT2D eigenvalue weighted by atomic mass is 35.5. The highest BCUT2D eigenvalue weighted by Gasteiger charge is 2.40. The Kier molecular flexibility index (Phi) is 3.92. The van der Waals surface area contributed by atoms with E-state index in [1.807, 2.05) is 18.2 Å². The van der Waals surface area contributed by atoms with Crippen LogP contribution in [0.4, 0.5) is 0 Å². The molecule has 2 aromatic rings. The van der Waals surface area contributed by atoms with Gasteiger partial charge in [-0.15, -0.1) is 0 Å². The lowest BCUT2D eigenvalue weighted by atomic mass is 9.71. The van der Waals surface area contributed by atoms with Gasteiger partial charge in [-0.25, -0.2) is 0 Å². The molecule has 0 heterocycles. The summed E-state index contributed by atoms with van der Waals surface area (Å²) in [5, 5.41) is 4.02. The second-order valence-corrected chi connectivity index (χ2v) is 6.20. The van der Waals surface area contributed by atoms with Gasteiger partial charge < -0.3 is 5.32 Å². The molecule has 108 valence electrons. The summed E-state index contributed by atoms with van der Waals surface area (Å²) in [6, 6.07) is 15.1. The number of benzene rings is 2. The van der Waals surface area contributed by atoms with E-state index >= 15 is 0 Å². The van der Waals surface area contributed by atoms with Gasteiger partial charge in [0.1, 0.15) is 0 Å². The van der Waals surface area contributed by atoms with Crippen LogP contribution in [0.5, 0.6) is 0 Å². The van der Waals surface area contributed by atoms with Gasteiger partial charge in [-0.1, -0.05) is 53.5 Å². The fourth-order valence-electron chi connectivity index (χ4n) is 2.70. The number of amides is 1. The maximum Gasteiger partial charge on any atom is 0.252 e. The zero-order chi connectivity index (χ0) is 14.9. The van der Waals surface area contributed by atoms with Crippen LogP contribution in [-0.2, 0) is 5.54 Å². The molecule has 21 heavy (non-hydrogen) atoms. The van der Waals surface area contributed by atoms with Crippen molar-refractivity contribution in [3.8, 4) is 0 Å². The number of halogens is 2. The molecule has 1 fully saturated rings.